The van der Waals surface area contributed by atoms with E-state index in [2.05, 4.69) is 4.90 Å². The van der Waals surface area contributed by atoms with Gasteiger partial charge in [-0.3, -0.25) is 0 Å². The molecular weight excluding hydrogens is 286 g/mol. The fraction of sp³-hybridized carbons (Fsp3) is 0.647. The third kappa shape index (κ3) is 4.60. The number of halogens is 1. The van der Waals surface area contributed by atoms with E-state index in [1.807, 2.05) is 26.2 Å². The minimum absolute atomic E-state index is 0. The molecule has 0 spiro atoms. The highest BCUT2D eigenvalue weighted by Gasteiger charge is 2.38. The zero-order valence-electron chi connectivity index (χ0n) is 15.8. The Bertz CT molecular complexity index is 500. The Labute approximate surface area is 138 Å². The molecule has 1 saturated carbocycles. The molecule has 120 valence electrons. The Hall–Kier alpha value is -0.770. The molecule has 0 aromatic heterocycles. The number of hydrogen-bond acceptors (Lipinski definition) is 3. The summed E-state index contributed by atoms with van der Waals surface area (Å²) >= 11 is 0. The molecule has 0 bridgehead atoms. The predicted octanol–water partition coefficient (Wildman–Crippen LogP) is 3.46. The molecule has 0 amide bonds. The second-order valence-corrected chi connectivity index (χ2v) is 6.15. The number of nitrogens with zero attached hydrogens (tertiary/aromatic N) is 1. The van der Waals surface area contributed by atoms with Crippen LogP contribution in [0, 0.1) is 0 Å². The van der Waals surface area contributed by atoms with Gasteiger partial charge in [0.05, 0.1) is 16.8 Å². The first-order valence-electron chi connectivity index (χ1n) is 8.86. The highest BCUT2D eigenvalue weighted by Crippen LogP contribution is 2.40. The summed E-state index contributed by atoms with van der Waals surface area (Å²) in [4.78, 5) is 2.09. The van der Waals surface area contributed by atoms with E-state index in [4.69, 9.17) is 8.85 Å². The average Bonchev–Trinajstić information content (AvgIpc) is 2.45. The average molecular weight is 317 g/mol. The van der Waals surface area contributed by atoms with Crippen LogP contribution >= 0.6 is 12.4 Å². The second-order valence-electron chi connectivity index (χ2n) is 6.15. The van der Waals surface area contributed by atoms with Gasteiger partial charge in [-0.1, -0.05) is 31.4 Å². The van der Waals surface area contributed by atoms with Crippen LogP contribution in [0.4, 0.5) is 0 Å². The second kappa shape index (κ2) is 8.02. The Morgan fingerprint density at radius 2 is 1.86 bits per heavy atom. The van der Waals surface area contributed by atoms with Crippen LogP contribution in [0.15, 0.2) is 24.3 Å². The van der Waals surface area contributed by atoms with E-state index in [0.717, 1.165) is 37.8 Å². The minimum atomic E-state index is -2.44. The summed E-state index contributed by atoms with van der Waals surface area (Å²) in [5.41, 5.74) is 0.343. The van der Waals surface area contributed by atoms with Crippen molar-refractivity contribution in [1.82, 2.24) is 4.90 Å². The molecule has 0 heterocycles. The summed E-state index contributed by atoms with van der Waals surface area (Å²) in [5.74, 6) is 0.340. The summed E-state index contributed by atoms with van der Waals surface area (Å²) in [7, 11) is 1.57. The van der Waals surface area contributed by atoms with E-state index in [0.29, 0.717) is 5.75 Å². The number of ether oxygens (including phenoxy) is 1. The topological polar surface area (TPSA) is 32.7 Å². The van der Waals surface area contributed by atoms with Crippen molar-refractivity contribution in [1.29, 1.82) is 0 Å². The van der Waals surface area contributed by atoms with E-state index >= 15 is 0 Å². The monoisotopic (exact) mass is 316 g/mol. The largest absolute Gasteiger partial charge is 0.497 e. The molecule has 1 aromatic carbocycles. The molecule has 1 aliphatic rings. The summed E-state index contributed by atoms with van der Waals surface area (Å²) < 4.78 is 26.4. The van der Waals surface area contributed by atoms with Crippen LogP contribution in [-0.4, -0.2) is 43.3 Å². The van der Waals surface area contributed by atoms with Crippen LogP contribution in [0.1, 0.15) is 47.7 Å². The van der Waals surface area contributed by atoms with Crippen molar-refractivity contribution in [2.24, 2.45) is 0 Å². The van der Waals surface area contributed by atoms with Crippen molar-refractivity contribution >= 4 is 12.4 Å². The maximum absolute atomic E-state index is 11.1. The molecule has 0 radical (unpaired) electrons. The molecular formula is C17H28ClNO2. The Balaban J connectivity index is 0.00000288. The first-order chi connectivity index (χ1) is 10.7. The molecule has 1 aromatic rings. The van der Waals surface area contributed by atoms with Crippen LogP contribution in [0.2, 0.25) is 0 Å². The van der Waals surface area contributed by atoms with Gasteiger partial charge in [0.2, 0.25) is 0 Å². The molecule has 1 N–H and O–H groups in total. The Kier molecular flexibility index (Phi) is 5.29. The number of rotatable bonds is 5. The number of aliphatic hydroxyl groups is 1. The van der Waals surface area contributed by atoms with Crippen LogP contribution < -0.4 is 4.74 Å². The molecule has 1 atom stereocenters. The van der Waals surface area contributed by atoms with E-state index in [-0.39, 0.29) is 18.3 Å². The van der Waals surface area contributed by atoms with E-state index in [1.165, 1.54) is 6.42 Å². The summed E-state index contributed by atoms with van der Waals surface area (Å²) in [6.45, 7) is 0.760. The van der Waals surface area contributed by atoms with Crippen molar-refractivity contribution in [2.45, 2.75) is 43.6 Å². The molecule has 1 fully saturated rings. The zero-order chi connectivity index (χ0) is 17.1. The Morgan fingerprint density at radius 1 is 1.24 bits per heavy atom. The van der Waals surface area contributed by atoms with Crippen molar-refractivity contribution in [3.05, 3.63) is 29.8 Å². The van der Waals surface area contributed by atoms with Crippen molar-refractivity contribution in [3.8, 4) is 5.75 Å². The molecule has 21 heavy (non-hydrogen) atoms. The molecule has 3 nitrogen and oxygen atoms in total. The first-order valence-corrected chi connectivity index (χ1v) is 7.36. The van der Waals surface area contributed by atoms with E-state index in [9.17, 15) is 5.11 Å². The van der Waals surface area contributed by atoms with Gasteiger partial charge in [-0.05, 0) is 44.6 Å². The molecule has 1 aliphatic carbocycles. The summed E-state index contributed by atoms with van der Waals surface area (Å²) in [5, 5.41) is 11.1. The minimum Gasteiger partial charge on any atom is -0.497 e. The highest BCUT2D eigenvalue weighted by atomic mass is 35.5. The smallest absolute Gasteiger partial charge is 0.118 e. The number of likely N-dealkylation sites (N-methyl/N-ethyl adjacent to an activating group) is 1. The fourth-order valence-corrected chi connectivity index (χ4v) is 3.23. The molecule has 4 heteroatoms. The summed E-state index contributed by atoms with van der Waals surface area (Å²) in [6.07, 6.45) is 4.93. The standard InChI is InChI=1S/C17H27NO2.ClH/c1-18(2)13-16(17(19)11-5-4-6-12-17)14-7-9-15(20-3)10-8-14;/h7-10,16,19H,4-6,11-13H2,1-3H3;1H/t16-;/m1./s1/i3D3;. The normalized spacial score (nSPS) is 21.6. The quantitative estimate of drug-likeness (QED) is 0.903. The van der Waals surface area contributed by atoms with Gasteiger partial charge in [0.25, 0.3) is 0 Å². The lowest BCUT2D eigenvalue weighted by Crippen LogP contribution is -2.42. The lowest BCUT2D eigenvalue weighted by Gasteiger charge is -2.40. The van der Waals surface area contributed by atoms with Gasteiger partial charge in [-0.2, -0.15) is 0 Å². The van der Waals surface area contributed by atoms with E-state index in [1.54, 1.807) is 12.1 Å². The molecule has 0 saturated heterocycles. The maximum atomic E-state index is 11.1. The molecule has 2 rings (SSSR count). The van der Waals surface area contributed by atoms with Crippen molar-refractivity contribution in [3.63, 3.8) is 0 Å². The van der Waals surface area contributed by atoms with Gasteiger partial charge in [-0.15, -0.1) is 12.4 Å². The van der Waals surface area contributed by atoms with Gasteiger partial charge in [0, 0.05) is 12.5 Å². The fourth-order valence-electron chi connectivity index (χ4n) is 3.23. The van der Waals surface area contributed by atoms with Crippen molar-refractivity contribution < 1.29 is 14.0 Å². The Morgan fingerprint density at radius 3 is 2.38 bits per heavy atom. The van der Waals surface area contributed by atoms with Gasteiger partial charge < -0.3 is 14.7 Å². The van der Waals surface area contributed by atoms with E-state index < -0.39 is 12.6 Å². The lowest BCUT2D eigenvalue weighted by molar-refractivity contribution is -0.0277. The molecule has 0 aliphatic heterocycles. The first kappa shape index (κ1) is 13.9. The number of methoxy groups -OCH3 is 1. The van der Waals surface area contributed by atoms with Crippen LogP contribution in [0.3, 0.4) is 0 Å². The number of benzene rings is 1. The van der Waals surface area contributed by atoms with Gasteiger partial charge in [-0.25, -0.2) is 0 Å². The third-order valence-corrected chi connectivity index (χ3v) is 4.32. The van der Waals surface area contributed by atoms with Crippen LogP contribution in [0.25, 0.3) is 0 Å². The predicted molar refractivity (Wildman–Crippen MR) is 89.6 cm³/mol. The zero-order valence-corrected chi connectivity index (χ0v) is 13.7. The third-order valence-electron chi connectivity index (χ3n) is 4.32. The van der Waals surface area contributed by atoms with Gasteiger partial charge in [0.1, 0.15) is 5.75 Å². The van der Waals surface area contributed by atoms with Crippen LogP contribution in [-0.2, 0) is 0 Å². The van der Waals surface area contributed by atoms with Gasteiger partial charge in [0.15, 0.2) is 0 Å². The number of hydrogen-bond donors (Lipinski definition) is 1. The lowest BCUT2D eigenvalue weighted by atomic mass is 9.72. The SMILES string of the molecule is Cl.[2H]C([2H])([2H])Oc1ccc([C@@H](CN(C)C)C2(O)CCCCC2)cc1. The molecule has 0 unspecified atom stereocenters. The van der Waals surface area contributed by atoms with Crippen molar-refractivity contribution in [2.75, 3.05) is 27.7 Å². The van der Waals surface area contributed by atoms with Crippen LogP contribution in [0.5, 0.6) is 5.75 Å². The van der Waals surface area contributed by atoms with Gasteiger partial charge >= 0.3 is 0 Å². The highest BCUT2D eigenvalue weighted by molar-refractivity contribution is 5.85. The maximum Gasteiger partial charge on any atom is 0.118 e. The summed E-state index contributed by atoms with van der Waals surface area (Å²) in [6, 6.07) is 7.11.